The third-order valence-electron chi connectivity index (χ3n) is 7.00. The van der Waals surface area contributed by atoms with Crippen molar-refractivity contribution in [3.63, 3.8) is 0 Å². The molecule has 0 aliphatic carbocycles. The molecule has 1 saturated heterocycles. The summed E-state index contributed by atoms with van der Waals surface area (Å²) in [6, 6.07) is 20.8. The number of phenols is 1. The molecular formula is C29H33FN2O3. The van der Waals surface area contributed by atoms with E-state index in [0.29, 0.717) is 12.4 Å². The minimum absolute atomic E-state index is 0.0971. The van der Waals surface area contributed by atoms with Gasteiger partial charge in [-0.15, -0.1) is 0 Å². The summed E-state index contributed by atoms with van der Waals surface area (Å²) in [4.78, 5) is 4.72. The number of morpholine rings is 1. The highest BCUT2D eigenvalue weighted by Gasteiger charge is 2.28. The molecule has 2 aliphatic heterocycles. The van der Waals surface area contributed by atoms with Gasteiger partial charge in [-0.05, 0) is 85.0 Å². The number of phenolic OH excluding ortho intramolecular Hbond substituents is 1. The molecule has 0 saturated carbocycles. The van der Waals surface area contributed by atoms with Gasteiger partial charge in [-0.3, -0.25) is 4.90 Å². The topological polar surface area (TPSA) is 45.2 Å². The maximum absolute atomic E-state index is 13.6. The molecule has 2 atom stereocenters. The van der Waals surface area contributed by atoms with Gasteiger partial charge >= 0.3 is 0 Å². The van der Waals surface area contributed by atoms with E-state index in [0.717, 1.165) is 57.1 Å². The third kappa shape index (κ3) is 5.77. The van der Waals surface area contributed by atoms with Crippen molar-refractivity contribution in [2.75, 3.05) is 44.3 Å². The van der Waals surface area contributed by atoms with Crippen LogP contribution < -0.4 is 9.64 Å². The second-order valence-corrected chi connectivity index (χ2v) is 9.50. The summed E-state index contributed by atoms with van der Waals surface area (Å²) in [6.07, 6.45) is 1.93. The number of aromatic hydroxyl groups is 1. The van der Waals surface area contributed by atoms with Crippen molar-refractivity contribution in [3.05, 3.63) is 89.2 Å². The van der Waals surface area contributed by atoms with Crippen LogP contribution in [0.15, 0.2) is 66.7 Å². The van der Waals surface area contributed by atoms with E-state index in [9.17, 15) is 9.50 Å². The second kappa shape index (κ2) is 10.7. The average molecular weight is 477 g/mol. The molecule has 35 heavy (non-hydrogen) atoms. The molecule has 0 aromatic heterocycles. The predicted octanol–water partition coefficient (Wildman–Crippen LogP) is 4.98. The van der Waals surface area contributed by atoms with Crippen LogP contribution in [0.3, 0.4) is 0 Å². The Bertz CT molecular complexity index is 1120. The smallest absolute Gasteiger partial charge is 0.123 e. The summed E-state index contributed by atoms with van der Waals surface area (Å²) in [6.45, 7) is 7.17. The van der Waals surface area contributed by atoms with E-state index in [-0.39, 0.29) is 18.0 Å². The lowest BCUT2D eigenvalue weighted by atomic mass is 9.88. The van der Waals surface area contributed by atoms with Crippen LogP contribution in [0.2, 0.25) is 0 Å². The fourth-order valence-corrected chi connectivity index (χ4v) is 5.19. The summed E-state index contributed by atoms with van der Waals surface area (Å²) in [5, 5.41) is 10.00. The molecule has 2 heterocycles. The molecule has 3 aromatic carbocycles. The van der Waals surface area contributed by atoms with Crippen LogP contribution in [0, 0.1) is 5.82 Å². The highest BCUT2D eigenvalue weighted by Crippen LogP contribution is 2.37. The van der Waals surface area contributed by atoms with Crippen molar-refractivity contribution >= 4 is 5.69 Å². The first-order valence-corrected chi connectivity index (χ1v) is 12.4. The van der Waals surface area contributed by atoms with Crippen LogP contribution >= 0.6 is 0 Å². The number of fused-ring (bicyclic) bond motifs is 1. The molecular weight excluding hydrogens is 443 g/mol. The fourth-order valence-electron chi connectivity index (χ4n) is 5.19. The zero-order valence-electron chi connectivity index (χ0n) is 20.2. The molecule has 5 nitrogen and oxygen atoms in total. The van der Waals surface area contributed by atoms with E-state index >= 15 is 0 Å². The lowest BCUT2D eigenvalue weighted by Crippen LogP contribution is -2.42. The summed E-state index contributed by atoms with van der Waals surface area (Å²) in [7, 11) is 0. The number of anilines is 1. The molecule has 184 valence electrons. The van der Waals surface area contributed by atoms with Crippen molar-refractivity contribution in [2.24, 2.45) is 0 Å². The summed E-state index contributed by atoms with van der Waals surface area (Å²) >= 11 is 0. The van der Waals surface area contributed by atoms with Crippen molar-refractivity contribution < 1.29 is 19.0 Å². The quantitative estimate of drug-likeness (QED) is 0.521. The first kappa shape index (κ1) is 23.6. The van der Waals surface area contributed by atoms with Crippen LogP contribution in [-0.4, -0.2) is 55.5 Å². The lowest BCUT2D eigenvalue weighted by Gasteiger charge is -2.39. The van der Waals surface area contributed by atoms with Gasteiger partial charge in [0.05, 0.1) is 18.8 Å². The van der Waals surface area contributed by atoms with Gasteiger partial charge in [0.2, 0.25) is 0 Å². The van der Waals surface area contributed by atoms with Gasteiger partial charge in [0.1, 0.15) is 23.9 Å². The second-order valence-electron chi connectivity index (χ2n) is 9.50. The number of rotatable bonds is 7. The zero-order chi connectivity index (χ0) is 24.2. The standard InChI is InChI=1S/C29H33FN2O3/c1-21-20-31(14-16-34-21)15-17-35-27-9-2-22(3-10-27)18-29-28-11-8-26(33)19-23(28)12-13-32(29)25-6-4-24(30)5-7-25/h2-11,19,21,29,33H,12-18,20H2,1H3. The first-order chi connectivity index (χ1) is 17.0. The zero-order valence-corrected chi connectivity index (χ0v) is 20.2. The molecule has 0 spiro atoms. The highest BCUT2D eigenvalue weighted by molar-refractivity contribution is 5.53. The Morgan fingerprint density at radius 1 is 1.03 bits per heavy atom. The molecule has 0 bridgehead atoms. The predicted molar refractivity (Wildman–Crippen MR) is 136 cm³/mol. The van der Waals surface area contributed by atoms with E-state index in [2.05, 4.69) is 28.9 Å². The van der Waals surface area contributed by atoms with Crippen LogP contribution in [-0.2, 0) is 17.6 Å². The van der Waals surface area contributed by atoms with Gasteiger partial charge in [0, 0.05) is 31.9 Å². The molecule has 2 unspecified atom stereocenters. The Kier molecular flexibility index (Phi) is 7.21. The van der Waals surface area contributed by atoms with Crippen LogP contribution in [0.1, 0.15) is 29.7 Å². The van der Waals surface area contributed by atoms with Gasteiger partial charge in [-0.2, -0.15) is 0 Å². The van der Waals surface area contributed by atoms with E-state index in [4.69, 9.17) is 9.47 Å². The molecule has 1 N–H and O–H groups in total. The maximum Gasteiger partial charge on any atom is 0.123 e. The monoisotopic (exact) mass is 476 g/mol. The van der Waals surface area contributed by atoms with Crippen molar-refractivity contribution in [1.82, 2.24) is 4.90 Å². The van der Waals surface area contributed by atoms with E-state index in [1.807, 2.05) is 36.4 Å². The van der Waals surface area contributed by atoms with Gasteiger partial charge < -0.3 is 19.5 Å². The van der Waals surface area contributed by atoms with E-state index in [1.165, 1.54) is 28.8 Å². The highest BCUT2D eigenvalue weighted by atomic mass is 19.1. The number of ether oxygens (including phenoxy) is 2. The van der Waals surface area contributed by atoms with Gasteiger partial charge in [-0.25, -0.2) is 4.39 Å². The Morgan fingerprint density at radius 2 is 1.83 bits per heavy atom. The number of nitrogens with zero attached hydrogens (tertiary/aromatic N) is 2. The maximum atomic E-state index is 13.6. The fraction of sp³-hybridized carbons (Fsp3) is 0.379. The van der Waals surface area contributed by atoms with E-state index < -0.39 is 0 Å². The molecule has 2 aliphatic rings. The molecule has 1 fully saturated rings. The number of hydrogen-bond acceptors (Lipinski definition) is 5. The van der Waals surface area contributed by atoms with Crippen molar-refractivity contribution in [1.29, 1.82) is 0 Å². The minimum Gasteiger partial charge on any atom is -0.508 e. The Labute approximate surface area is 206 Å². The van der Waals surface area contributed by atoms with Gasteiger partial charge in [0.25, 0.3) is 0 Å². The lowest BCUT2D eigenvalue weighted by molar-refractivity contribution is -0.0214. The van der Waals surface area contributed by atoms with Crippen molar-refractivity contribution in [2.45, 2.75) is 31.9 Å². The molecule has 0 amide bonds. The van der Waals surface area contributed by atoms with Crippen LogP contribution in [0.25, 0.3) is 0 Å². The number of benzene rings is 3. The summed E-state index contributed by atoms with van der Waals surface area (Å²) < 4.78 is 25.2. The normalized spacial score (nSPS) is 20.5. The number of hydrogen-bond donors (Lipinski definition) is 1. The first-order valence-electron chi connectivity index (χ1n) is 12.4. The Morgan fingerprint density at radius 3 is 2.60 bits per heavy atom. The SMILES string of the molecule is CC1CN(CCOc2ccc(CC3c4ccc(O)cc4CCN3c3ccc(F)cc3)cc2)CCO1. The average Bonchev–Trinajstić information content (AvgIpc) is 2.86. The Hall–Kier alpha value is -3.09. The molecule has 6 heteroatoms. The van der Waals surface area contributed by atoms with Crippen LogP contribution in [0.5, 0.6) is 11.5 Å². The third-order valence-corrected chi connectivity index (χ3v) is 7.00. The molecule has 0 radical (unpaired) electrons. The van der Waals surface area contributed by atoms with E-state index in [1.54, 1.807) is 6.07 Å². The van der Waals surface area contributed by atoms with Crippen molar-refractivity contribution in [3.8, 4) is 11.5 Å². The van der Waals surface area contributed by atoms with Gasteiger partial charge in [0.15, 0.2) is 0 Å². The number of halogens is 1. The summed E-state index contributed by atoms with van der Waals surface area (Å²) in [5.41, 5.74) is 4.59. The van der Waals surface area contributed by atoms with Gasteiger partial charge in [-0.1, -0.05) is 18.2 Å². The minimum atomic E-state index is -0.230. The molecule has 5 rings (SSSR count). The van der Waals surface area contributed by atoms with Crippen LogP contribution in [0.4, 0.5) is 10.1 Å². The largest absolute Gasteiger partial charge is 0.508 e. The summed E-state index contributed by atoms with van der Waals surface area (Å²) in [5.74, 6) is 0.941. The molecule has 3 aromatic rings. The Balaban J connectivity index is 1.28.